The first kappa shape index (κ1) is 14.6. The Hall–Kier alpha value is -0.780. The van der Waals surface area contributed by atoms with Gasteiger partial charge in [0.1, 0.15) is 5.82 Å². The molecule has 0 spiro atoms. The van der Waals surface area contributed by atoms with Crippen molar-refractivity contribution in [3.05, 3.63) is 34.1 Å². The largest absolute Gasteiger partial charge is 0.303 e. The first-order valence-electron chi connectivity index (χ1n) is 6.33. The van der Waals surface area contributed by atoms with Crippen molar-refractivity contribution < 1.29 is 9.18 Å². The number of Topliss-reactive ketones (excluding diaryl/α,β-unsaturated/α-hetero) is 1. The molecule has 1 aliphatic rings. The molecule has 1 aromatic rings. The van der Waals surface area contributed by atoms with Gasteiger partial charge in [0.15, 0.2) is 5.78 Å². The minimum Gasteiger partial charge on any atom is -0.303 e. The molecule has 1 fully saturated rings. The SMILES string of the molecule is CN1CCN(C)C(C(=O)Cc2ccc(Br)cc2F)C1. The van der Waals surface area contributed by atoms with E-state index in [4.69, 9.17) is 0 Å². The van der Waals surface area contributed by atoms with Crippen LogP contribution in [0.2, 0.25) is 0 Å². The molecule has 1 aromatic carbocycles. The number of nitrogens with zero attached hydrogens (tertiary/aromatic N) is 2. The van der Waals surface area contributed by atoms with Gasteiger partial charge in [-0.05, 0) is 31.8 Å². The first-order chi connectivity index (χ1) is 8.97. The molecule has 2 rings (SSSR count). The Morgan fingerprint density at radius 1 is 1.42 bits per heavy atom. The number of hydrogen-bond acceptors (Lipinski definition) is 3. The summed E-state index contributed by atoms with van der Waals surface area (Å²) in [5.74, 6) is -0.246. The summed E-state index contributed by atoms with van der Waals surface area (Å²) < 4.78 is 14.4. The van der Waals surface area contributed by atoms with Gasteiger partial charge in [-0.1, -0.05) is 22.0 Å². The highest BCUT2D eigenvalue weighted by molar-refractivity contribution is 9.10. The number of benzene rings is 1. The molecule has 5 heteroatoms. The van der Waals surface area contributed by atoms with Crippen LogP contribution in [-0.4, -0.2) is 55.4 Å². The molecule has 1 heterocycles. The Morgan fingerprint density at radius 3 is 2.84 bits per heavy atom. The average Bonchev–Trinajstić information content (AvgIpc) is 2.35. The number of ketones is 1. The van der Waals surface area contributed by atoms with Gasteiger partial charge < -0.3 is 4.90 Å². The maximum Gasteiger partial charge on any atom is 0.155 e. The van der Waals surface area contributed by atoms with Crippen molar-refractivity contribution in [3.63, 3.8) is 0 Å². The van der Waals surface area contributed by atoms with E-state index in [1.165, 1.54) is 6.07 Å². The quantitative estimate of drug-likeness (QED) is 0.847. The Morgan fingerprint density at radius 2 is 2.16 bits per heavy atom. The lowest BCUT2D eigenvalue weighted by molar-refractivity contribution is -0.125. The van der Waals surface area contributed by atoms with E-state index >= 15 is 0 Å². The fourth-order valence-electron chi connectivity index (χ4n) is 2.33. The predicted octanol–water partition coefficient (Wildman–Crippen LogP) is 1.95. The summed E-state index contributed by atoms with van der Waals surface area (Å²) in [6.45, 7) is 2.55. The highest BCUT2D eigenvalue weighted by atomic mass is 79.9. The van der Waals surface area contributed by atoms with Gasteiger partial charge in [-0.2, -0.15) is 0 Å². The fraction of sp³-hybridized carbons (Fsp3) is 0.500. The van der Waals surface area contributed by atoms with Gasteiger partial charge in [-0.15, -0.1) is 0 Å². The Balaban J connectivity index is 2.07. The molecule has 1 aliphatic heterocycles. The van der Waals surface area contributed by atoms with Crippen molar-refractivity contribution in [2.45, 2.75) is 12.5 Å². The van der Waals surface area contributed by atoms with E-state index in [1.807, 2.05) is 14.1 Å². The second-order valence-electron chi connectivity index (χ2n) is 5.14. The van der Waals surface area contributed by atoms with Crippen molar-refractivity contribution >= 4 is 21.7 Å². The molecule has 0 N–H and O–H groups in total. The average molecular weight is 329 g/mol. The predicted molar refractivity (Wildman–Crippen MR) is 76.7 cm³/mol. The smallest absolute Gasteiger partial charge is 0.155 e. The van der Waals surface area contributed by atoms with E-state index in [1.54, 1.807) is 12.1 Å². The Bertz CT molecular complexity index is 481. The number of piperazine rings is 1. The monoisotopic (exact) mass is 328 g/mol. The van der Waals surface area contributed by atoms with Gasteiger partial charge in [0.2, 0.25) is 0 Å². The van der Waals surface area contributed by atoms with Gasteiger partial charge >= 0.3 is 0 Å². The number of likely N-dealkylation sites (N-methyl/N-ethyl adjacent to an activating group) is 2. The molecule has 0 bridgehead atoms. The lowest BCUT2D eigenvalue weighted by Gasteiger charge is -2.36. The zero-order chi connectivity index (χ0) is 14.0. The van der Waals surface area contributed by atoms with E-state index in [0.717, 1.165) is 13.1 Å². The third kappa shape index (κ3) is 3.61. The maximum absolute atomic E-state index is 13.7. The van der Waals surface area contributed by atoms with Crippen LogP contribution in [0.1, 0.15) is 5.56 Å². The van der Waals surface area contributed by atoms with E-state index in [2.05, 4.69) is 25.7 Å². The van der Waals surface area contributed by atoms with Crippen molar-refractivity contribution in [3.8, 4) is 0 Å². The number of halogens is 2. The van der Waals surface area contributed by atoms with Crippen LogP contribution >= 0.6 is 15.9 Å². The number of carbonyl (C=O) groups is 1. The third-order valence-electron chi connectivity index (χ3n) is 3.60. The van der Waals surface area contributed by atoms with E-state index in [9.17, 15) is 9.18 Å². The van der Waals surface area contributed by atoms with Crippen LogP contribution in [0.4, 0.5) is 4.39 Å². The highest BCUT2D eigenvalue weighted by Crippen LogP contribution is 2.17. The molecule has 1 saturated heterocycles. The van der Waals surface area contributed by atoms with Crippen molar-refractivity contribution in [2.24, 2.45) is 0 Å². The number of rotatable bonds is 3. The van der Waals surface area contributed by atoms with Gasteiger partial charge in [0, 0.05) is 30.5 Å². The lowest BCUT2D eigenvalue weighted by atomic mass is 10.0. The van der Waals surface area contributed by atoms with Crippen LogP contribution in [0, 0.1) is 5.82 Å². The summed E-state index contributed by atoms with van der Waals surface area (Å²) in [7, 11) is 3.96. The molecule has 19 heavy (non-hydrogen) atoms. The second kappa shape index (κ2) is 6.11. The van der Waals surface area contributed by atoms with Crippen LogP contribution in [0.3, 0.4) is 0 Å². The fourth-order valence-corrected chi connectivity index (χ4v) is 2.66. The summed E-state index contributed by atoms with van der Waals surface area (Å²) in [6.07, 6.45) is 0.155. The Kier molecular flexibility index (Phi) is 4.71. The second-order valence-corrected chi connectivity index (χ2v) is 6.05. The van der Waals surface area contributed by atoms with Gasteiger partial charge in [0.25, 0.3) is 0 Å². The highest BCUT2D eigenvalue weighted by Gasteiger charge is 2.28. The van der Waals surface area contributed by atoms with Gasteiger partial charge in [0.05, 0.1) is 6.04 Å². The summed E-state index contributed by atoms with van der Waals surface area (Å²) >= 11 is 3.22. The molecule has 0 aromatic heterocycles. The summed E-state index contributed by atoms with van der Waals surface area (Å²) in [4.78, 5) is 16.5. The molecule has 0 amide bonds. The summed E-state index contributed by atoms with van der Waals surface area (Å²) in [6, 6.07) is 4.70. The maximum atomic E-state index is 13.7. The van der Waals surface area contributed by atoms with Crippen molar-refractivity contribution in [2.75, 3.05) is 33.7 Å². The van der Waals surface area contributed by atoms with Crippen LogP contribution in [0.5, 0.6) is 0 Å². The zero-order valence-corrected chi connectivity index (χ0v) is 12.8. The summed E-state index contributed by atoms with van der Waals surface area (Å²) in [5, 5.41) is 0. The van der Waals surface area contributed by atoms with E-state index in [-0.39, 0.29) is 24.1 Å². The molecule has 0 aliphatic carbocycles. The van der Waals surface area contributed by atoms with E-state index < -0.39 is 0 Å². The molecular formula is C14H18BrFN2O. The van der Waals surface area contributed by atoms with Crippen LogP contribution in [0.25, 0.3) is 0 Å². The lowest BCUT2D eigenvalue weighted by Crippen LogP contribution is -2.53. The minimum absolute atomic E-state index is 0.0790. The molecule has 3 nitrogen and oxygen atoms in total. The molecule has 1 atom stereocenters. The molecule has 0 saturated carbocycles. The summed E-state index contributed by atoms with van der Waals surface area (Å²) in [5.41, 5.74) is 0.467. The Labute approximate surface area is 121 Å². The van der Waals surface area contributed by atoms with Gasteiger partial charge in [-0.25, -0.2) is 4.39 Å². The van der Waals surface area contributed by atoms with Gasteiger partial charge in [-0.3, -0.25) is 9.69 Å². The molecule has 1 unspecified atom stereocenters. The van der Waals surface area contributed by atoms with Crippen molar-refractivity contribution in [1.29, 1.82) is 0 Å². The topological polar surface area (TPSA) is 23.6 Å². The molecule has 0 radical (unpaired) electrons. The minimum atomic E-state index is -0.324. The third-order valence-corrected chi connectivity index (χ3v) is 4.10. The normalized spacial score (nSPS) is 21.6. The van der Waals surface area contributed by atoms with Crippen LogP contribution in [-0.2, 0) is 11.2 Å². The standard InChI is InChI=1S/C14H18BrFN2O/c1-17-5-6-18(2)13(9-17)14(19)7-10-3-4-11(15)8-12(10)16/h3-4,8,13H,5-7,9H2,1-2H3. The zero-order valence-electron chi connectivity index (χ0n) is 11.2. The molecule has 104 valence electrons. The van der Waals surface area contributed by atoms with Crippen LogP contribution < -0.4 is 0 Å². The van der Waals surface area contributed by atoms with E-state index in [0.29, 0.717) is 16.6 Å². The van der Waals surface area contributed by atoms with Crippen LogP contribution in [0.15, 0.2) is 22.7 Å². The van der Waals surface area contributed by atoms with Crippen molar-refractivity contribution in [1.82, 2.24) is 9.80 Å². The molecular weight excluding hydrogens is 311 g/mol. The number of carbonyl (C=O) groups excluding carboxylic acids is 1. The first-order valence-corrected chi connectivity index (χ1v) is 7.12. The number of hydrogen-bond donors (Lipinski definition) is 0.